The van der Waals surface area contributed by atoms with Crippen molar-refractivity contribution < 1.29 is 4.70 Å². The number of nitrogens with two attached hydrogens (primary N) is 1. The maximum Gasteiger partial charge on any atom is 0.0765 e. The van der Waals surface area contributed by atoms with Gasteiger partial charge in [0.1, 0.15) is 0 Å². The molecule has 2 nitrogen and oxygen atoms in total. The molecule has 0 spiro atoms. The molecule has 0 saturated carbocycles. The highest BCUT2D eigenvalue weighted by atomic mass is 32.1. The van der Waals surface area contributed by atoms with E-state index in [1.807, 2.05) is 22.9 Å². The van der Waals surface area contributed by atoms with Gasteiger partial charge in [-0.3, -0.25) is 10.1 Å². The van der Waals surface area contributed by atoms with E-state index in [9.17, 15) is 0 Å². The molecule has 9 heavy (non-hydrogen) atoms. The van der Waals surface area contributed by atoms with Gasteiger partial charge >= 0.3 is 0 Å². The molecule has 0 radical (unpaired) electrons. The normalized spacial score (nSPS) is 5.78. The van der Waals surface area contributed by atoms with Crippen molar-refractivity contribution >= 4 is 17.7 Å². The zero-order chi connectivity index (χ0) is 6.24. The standard InChI is InChI=1S/C4H4S.CH4N2.FH/c1-2-4-5-3-1;2-1-3;/h1-4H;1H,(H3,2,3);1H. The van der Waals surface area contributed by atoms with E-state index in [-0.39, 0.29) is 4.70 Å². The molecular weight excluding hydrogens is 139 g/mol. The van der Waals surface area contributed by atoms with Crippen LogP contribution in [0.5, 0.6) is 0 Å². The predicted molar refractivity (Wildman–Crippen MR) is 39.8 cm³/mol. The second kappa shape index (κ2) is 10.2. The zero-order valence-corrected chi connectivity index (χ0v) is 5.60. The first-order chi connectivity index (χ1) is 3.91. The molecule has 0 atom stereocenters. The fraction of sp³-hybridized carbons (Fsp3) is 0. The SMILES string of the molecule is F.N=CN.c1ccsc1. The van der Waals surface area contributed by atoms with Crippen molar-refractivity contribution in [2.75, 3.05) is 0 Å². The van der Waals surface area contributed by atoms with Gasteiger partial charge in [0.2, 0.25) is 0 Å². The Bertz CT molecular complexity index is 101. The number of thiophene rings is 1. The highest BCUT2D eigenvalue weighted by molar-refractivity contribution is 7.07. The lowest BCUT2D eigenvalue weighted by molar-refractivity contribution is 1.11. The summed E-state index contributed by atoms with van der Waals surface area (Å²) in [6.07, 6.45) is 0.750. The number of rotatable bonds is 0. The van der Waals surface area contributed by atoms with Gasteiger partial charge in [-0.15, -0.1) is 0 Å². The highest BCUT2D eigenvalue weighted by Gasteiger charge is 1.58. The third-order valence-corrected chi connectivity index (χ3v) is 1.05. The molecule has 0 amide bonds. The van der Waals surface area contributed by atoms with Gasteiger partial charge in [0.05, 0.1) is 6.34 Å². The van der Waals surface area contributed by atoms with Crippen LogP contribution in [0, 0.1) is 5.41 Å². The molecule has 3 N–H and O–H groups in total. The van der Waals surface area contributed by atoms with Crippen LogP contribution in [0.3, 0.4) is 0 Å². The molecule has 0 fully saturated rings. The van der Waals surface area contributed by atoms with E-state index in [0.29, 0.717) is 0 Å². The molecule has 1 aromatic rings. The molecule has 0 unspecified atom stereocenters. The largest absolute Gasteiger partial charge is 0.390 e. The summed E-state index contributed by atoms with van der Waals surface area (Å²) in [7, 11) is 0. The summed E-state index contributed by atoms with van der Waals surface area (Å²) in [5, 5.41) is 9.94. The summed E-state index contributed by atoms with van der Waals surface area (Å²) < 4.78 is 0. The Hall–Kier alpha value is -0.900. The van der Waals surface area contributed by atoms with Crippen molar-refractivity contribution in [3.63, 3.8) is 0 Å². The molecule has 0 aliphatic carbocycles. The van der Waals surface area contributed by atoms with Crippen LogP contribution in [-0.2, 0) is 0 Å². The van der Waals surface area contributed by atoms with E-state index in [1.165, 1.54) is 0 Å². The van der Waals surface area contributed by atoms with E-state index in [2.05, 4.69) is 5.73 Å². The summed E-state index contributed by atoms with van der Waals surface area (Å²) in [5.41, 5.74) is 4.39. The smallest absolute Gasteiger partial charge is 0.0765 e. The molecule has 0 bridgehead atoms. The number of hydrogen-bond donors (Lipinski definition) is 2. The summed E-state index contributed by atoms with van der Waals surface area (Å²) in [6.45, 7) is 0. The van der Waals surface area contributed by atoms with Crippen LogP contribution in [0.1, 0.15) is 0 Å². The van der Waals surface area contributed by atoms with Gasteiger partial charge in [-0.05, 0) is 10.8 Å². The van der Waals surface area contributed by atoms with Crippen molar-refractivity contribution in [3.8, 4) is 0 Å². The van der Waals surface area contributed by atoms with E-state index >= 15 is 0 Å². The maximum absolute atomic E-state index is 5.86. The van der Waals surface area contributed by atoms with Gasteiger partial charge in [0, 0.05) is 0 Å². The Morgan fingerprint density at radius 2 is 1.67 bits per heavy atom. The number of nitrogens with one attached hydrogen (secondary N) is 1. The third-order valence-electron chi connectivity index (χ3n) is 0.425. The second-order valence-electron chi connectivity index (χ2n) is 0.960. The van der Waals surface area contributed by atoms with Gasteiger partial charge in [-0.2, -0.15) is 11.3 Å². The summed E-state index contributed by atoms with van der Waals surface area (Å²) >= 11 is 1.71. The van der Waals surface area contributed by atoms with E-state index in [0.717, 1.165) is 6.34 Å². The van der Waals surface area contributed by atoms with Crippen LogP contribution < -0.4 is 5.73 Å². The Kier molecular flexibility index (Phi) is 12.4. The minimum atomic E-state index is 0. The van der Waals surface area contributed by atoms with E-state index in [1.54, 1.807) is 11.3 Å². The quantitative estimate of drug-likeness (QED) is 0.424. The van der Waals surface area contributed by atoms with Gasteiger partial charge in [0.15, 0.2) is 0 Å². The summed E-state index contributed by atoms with van der Waals surface area (Å²) in [6, 6.07) is 4.04. The molecule has 4 heteroatoms. The molecule has 0 aromatic carbocycles. The van der Waals surface area contributed by atoms with Crippen LogP contribution in [0.4, 0.5) is 4.70 Å². The van der Waals surface area contributed by atoms with E-state index in [4.69, 9.17) is 5.41 Å². The highest BCUT2D eigenvalue weighted by Crippen LogP contribution is 1.91. The zero-order valence-electron chi connectivity index (χ0n) is 4.78. The molecule has 1 aromatic heterocycles. The van der Waals surface area contributed by atoms with Crippen LogP contribution in [0.15, 0.2) is 22.9 Å². The van der Waals surface area contributed by atoms with Crippen molar-refractivity contribution in [3.05, 3.63) is 22.9 Å². The summed E-state index contributed by atoms with van der Waals surface area (Å²) in [5.74, 6) is 0. The predicted octanol–water partition coefficient (Wildman–Crippen LogP) is 1.45. The molecule has 0 aliphatic rings. The molecule has 0 saturated heterocycles. The van der Waals surface area contributed by atoms with Gasteiger partial charge in [0.25, 0.3) is 0 Å². The molecule has 0 aliphatic heterocycles. The lowest BCUT2D eigenvalue weighted by Crippen LogP contribution is -1.81. The topological polar surface area (TPSA) is 49.9 Å². The van der Waals surface area contributed by atoms with Gasteiger partial charge in [-0.25, -0.2) is 0 Å². The lowest BCUT2D eigenvalue weighted by Gasteiger charge is -1.39. The van der Waals surface area contributed by atoms with Crippen LogP contribution in [-0.4, -0.2) is 6.34 Å². The number of halogens is 1. The molecule has 1 heterocycles. The third kappa shape index (κ3) is 11.0. The van der Waals surface area contributed by atoms with Crippen molar-refractivity contribution in [1.82, 2.24) is 0 Å². The average Bonchev–Trinajstić information content (AvgIpc) is 2.17. The molecule has 1 rings (SSSR count). The first-order valence-electron chi connectivity index (χ1n) is 2.09. The van der Waals surface area contributed by atoms with Crippen LogP contribution in [0.25, 0.3) is 0 Å². The maximum atomic E-state index is 5.86. The average molecular weight is 148 g/mol. The Balaban J connectivity index is 0. The minimum Gasteiger partial charge on any atom is -0.390 e. The molecular formula is C5H9FN2S. The Morgan fingerprint density at radius 3 is 1.78 bits per heavy atom. The van der Waals surface area contributed by atoms with E-state index < -0.39 is 0 Å². The van der Waals surface area contributed by atoms with Gasteiger partial charge in [-0.1, -0.05) is 12.1 Å². The fourth-order valence-corrected chi connectivity index (χ4v) is 0.680. The first kappa shape index (κ1) is 11.0. The van der Waals surface area contributed by atoms with Crippen molar-refractivity contribution in [2.45, 2.75) is 0 Å². The first-order valence-corrected chi connectivity index (χ1v) is 3.04. The fourth-order valence-electron chi connectivity index (χ4n) is 0.227. The molecule has 52 valence electrons. The Labute approximate surface area is 57.2 Å². The van der Waals surface area contributed by atoms with Crippen LogP contribution in [0.2, 0.25) is 0 Å². The monoisotopic (exact) mass is 148 g/mol. The second-order valence-corrected chi connectivity index (χ2v) is 1.78. The minimum absolute atomic E-state index is 0. The van der Waals surface area contributed by atoms with Crippen molar-refractivity contribution in [2.24, 2.45) is 5.73 Å². The van der Waals surface area contributed by atoms with Gasteiger partial charge < -0.3 is 5.73 Å². The lowest BCUT2D eigenvalue weighted by atomic mass is 10.7. The number of hydrogen-bond acceptors (Lipinski definition) is 2. The summed E-state index contributed by atoms with van der Waals surface area (Å²) in [4.78, 5) is 0. The Morgan fingerprint density at radius 1 is 1.33 bits per heavy atom. The van der Waals surface area contributed by atoms with Crippen molar-refractivity contribution in [1.29, 1.82) is 5.41 Å². The van der Waals surface area contributed by atoms with Crippen LogP contribution >= 0.6 is 11.3 Å².